The Morgan fingerprint density at radius 2 is 1.64 bits per heavy atom. The normalized spacial score (nSPS) is 19.5. The summed E-state index contributed by atoms with van der Waals surface area (Å²) in [6.07, 6.45) is 6.47. The van der Waals surface area contributed by atoms with Crippen molar-refractivity contribution in [2.24, 2.45) is 13.0 Å². The fraction of sp³-hybridized carbons (Fsp3) is 0.409. The van der Waals surface area contributed by atoms with Crippen molar-refractivity contribution in [2.45, 2.75) is 70.9 Å². The second-order valence-corrected chi connectivity index (χ2v) is 16.4. The summed E-state index contributed by atoms with van der Waals surface area (Å²) in [6, 6.07) is 17.3. The number of amides is 3. The molecule has 3 N–H and O–H groups in total. The number of carbonyl (C=O) groups is 3. The number of halogens is 1. The Morgan fingerprint density at radius 3 is 2.36 bits per heavy atom. The number of hydrogen-bond acceptors (Lipinski definition) is 10. The molecule has 3 fully saturated rings. The second kappa shape index (κ2) is 15.5. The molecule has 0 spiro atoms. The highest BCUT2D eigenvalue weighted by Gasteiger charge is 2.40. The van der Waals surface area contributed by atoms with E-state index in [9.17, 15) is 14.4 Å². The number of anilines is 5. The van der Waals surface area contributed by atoms with Crippen molar-refractivity contribution in [2.75, 3.05) is 48.3 Å². The fourth-order valence-corrected chi connectivity index (χ4v) is 9.28. The lowest BCUT2D eigenvalue weighted by Crippen LogP contribution is -2.52. The Kier molecular flexibility index (Phi) is 10.0. The number of aromatic nitrogens is 4. The molecular weight excluding hydrogens is 736 g/mol. The van der Waals surface area contributed by atoms with Crippen molar-refractivity contribution < 1.29 is 18.8 Å². The highest BCUT2D eigenvalue weighted by molar-refractivity contribution is 6.05. The monoisotopic (exact) mass is 784 g/mol. The van der Waals surface area contributed by atoms with E-state index in [1.54, 1.807) is 10.7 Å². The molecule has 13 nitrogen and oxygen atoms in total. The standard InChI is InChI=1S/C44H49FN10O3/c1-26-5-4-6-27(2)39(26)49-40-34-23-46-44(50-41(34)52(3)51-40)47-32-9-7-29(8-10-32)30-15-17-53(18-16-30)24-28-13-19-54(20-14-28)37-21-31-25-55(43(58)33(31)22-35(37)45)36-11-12-38(56)48-42(36)57/h4-10,21-23,28,30,36H,11-20,24-25H2,1-3H3,(H,49,51)(H,46,47,50)(H,48,56,57). The number of hydrogen-bond donors (Lipinski definition) is 3. The minimum absolute atomic E-state index is 0.188. The molecule has 58 heavy (non-hydrogen) atoms. The van der Waals surface area contributed by atoms with Crippen molar-refractivity contribution in [3.05, 3.63) is 94.4 Å². The molecule has 3 saturated heterocycles. The van der Waals surface area contributed by atoms with E-state index in [0.717, 1.165) is 103 Å². The van der Waals surface area contributed by atoms with Crippen LogP contribution in [0.3, 0.4) is 0 Å². The SMILES string of the molecule is Cc1cccc(C)c1Nc1nn(C)c2nc(Nc3ccc(C4CCN(CC5CCN(c6cc7c(cc6F)C(=O)N(C6CCC(=O)NC6=O)C7)CC5)CC4)cc3)ncc12. The van der Waals surface area contributed by atoms with Crippen molar-refractivity contribution >= 4 is 57.6 Å². The van der Waals surface area contributed by atoms with Crippen LogP contribution >= 0.6 is 0 Å². The van der Waals surface area contributed by atoms with E-state index < -0.39 is 17.8 Å². The number of carbonyl (C=O) groups excluding carboxylic acids is 3. The minimum atomic E-state index is -0.712. The fourth-order valence-electron chi connectivity index (χ4n) is 9.28. The van der Waals surface area contributed by atoms with Gasteiger partial charge in [0.15, 0.2) is 11.5 Å². The second-order valence-electron chi connectivity index (χ2n) is 16.4. The van der Waals surface area contributed by atoms with Gasteiger partial charge < -0.3 is 25.3 Å². The topological polar surface area (TPSA) is 141 Å². The Bertz CT molecular complexity index is 2380. The highest BCUT2D eigenvalue weighted by Crippen LogP contribution is 2.36. The number of aryl methyl sites for hydroxylation is 3. The molecule has 0 aliphatic carbocycles. The van der Waals surface area contributed by atoms with E-state index in [-0.39, 0.29) is 31.2 Å². The summed E-state index contributed by atoms with van der Waals surface area (Å²) < 4.78 is 17.2. The van der Waals surface area contributed by atoms with Gasteiger partial charge in [-0.1, -0.05) is 30.3 Å². The van der Waals surface area contributed by atoms with Crippen LogP contribution in [0.2, 0.25) is 0 Å². The number of nitrogens with one attached hydrogen (secondary N) is 3. The van der Waals surface area contributed by atoms with Crippen molar-refractivity contribution in [1.82, 2.24) is 34.9 Å². The lowest BCUT2D eigenvalue weighted by Gasteiger charge is -2.38. The van der Waals surface area contributed by atoms with Crippen LogP contribution in [0, 0.1) is 25.6 Å². The zero-order chi connectivity index (χ0) is 40.1. The van der Waals surface area contributed by atoms with Crippen LogP contribution in [0.15, 0.2) is 60.8 Å². The first-order valence-electron chi connectivity index (χ1n) is 20.4. The van der Waals surface area contributed by atoms with Gasteiger partial charge >= 0.3 is 0 Å². The molecule has 2 aromatic heterocycles. The summed E-state index contributed by atoms with van der Waals surface area (Å²) in [4.78, 5) is 52.8. The van der Waals surface area contributed by atoms with Crippen LogP contribution in [0.1, 0.15) is 77.1 Å². The predicted molar refractivity (Wildman–Crippen MR) is 221 cm³/mol. The number of benzene rings is 3. The summed E-state index contributed by atoms with van der Waals surface area (Å²) >= 11 is 0. The van der Waals surface area contributed by atoms with Crippen LogP contribution in [0.5, 0.6) is 0 Å². The van der Waals surface area contributed by atoms with Gasteiger partial charge in [0.05, 0.1) is 11.1 Å². The third-order valence-corrected chi connectivity index (χ3v) is 12.6. The van der Waals surface area contributed by atoms with Gasteiger partial charge in [-0.25, -0.2) is 14.1 Å². The molecule has 6 heterocycles. The first-order chi connectivity index (χ1) is 28.1. The van der Waals surface area contributed by atoms with Gasteiger partial charge in [-0.05, 0) is 117 Å². The lowest BCUT2D eigenvalue weighted by atomic mass is 9.88. The molecule has 4 aliphatic heterocycles. The summed E-state index contributed by atoms with van der Waals surface area (Å²) in [5, 5.41) is 14.7. The molecule has 0 radical (unpaired) electrons. The summed E-state index contributed by atoms with van der Waals surface area (Å²) in [6.45, 7) is 9.09. The van der Waals surface area contributed by atoms with Gasteiger partial charge in [0.2, 0.25) is 17.8 Å². The maximum Gasteiger partial charge on any atom is 0.255 e. The minimum Gasteiger partial charge on any atom is -0.369 e. The zero-order valence-corrected chi connectivity index (χ0v) is 33.2. The van der Waals surface area contributed by atoms with Gasteiger partial charge in [0.25, 0.3) is 5.91 Å². The Balaban J connectivity index is 0.749. The summed E-state index contributed by atoms with van der Waals surface area (Å²) in [5.74, 6) is 0.765. The number of rotatable bonds is 9. The van der Waals surface area contributed by atoms with Gasteiger partial charge in [-0.15, -0.1) is 0 Å². The van der Waals surface area contributed by atoms with E-state index in [2.05, 4.69) is 87.0 Å². The number of para-hydroxylation sites is 1. The molecule has 9 rings (SSSR count). The predicted octanol–water partition coefficient (Wildman–Crippen LogP) is 6.46. The lowest BCUT2D eigenvalue weighted by molar-refractivity contribution is -0.136. The zero-order valence-electron chi connectivity index (χ0n) is 33.2. The van der Waals surface area contributed by atoms with E-state index in [4.69, 9.17) is 10.1 Å². The van der Waals surface area contributed by atoms with Gasteiger partial charge in [0, 0.05) is 62.8 Å². The highest BCUT2D eigenvalue weighted by atomic mass is 19.1. The van der Waals surface area contributed by atoms with E-state index in [1.165, 1.54) is 16.5 Å². The molecule has 0 saturated carbocycles. The number of imide groups is 1. The maximum atomic E-state index is 15.4. The van der Waals surface area contributed by atoms with Crippen LogP contribution < -0.4 is 20.9 Å². The van der Waals surface area contributed by atoms with Crippen molar-refractivity contribution in [3.8, 4) is 0 Å². The Hall–Kier alpha value is -5.89. The molecule has 5 aromatic rings. The number of likely N-dealkylation sites (tertiary alicyclic amines) is 1. The quantitative estimate of drug-likeness (QED) is 0.143. The average molecular weight is 785 g/mol. The summed E-state index contributed by atoms with van der Waals surface area (Å²) in [5.41, 5.74) is 7.94. The molecule has 300 valence electrons. The maximum absolute atomic E-state index is 15.4. The van der Waals surface area contributed by atoms with E-state index in [1.807, 2.05) is 13.2 Å². The molecule has 4 aliphatic rings. The molecule has 14 heteroatoms. The van der Waals surface area contributed by atoms with Crippen LogP contribution in [0.4, 0.5) is 33.2 Å². The molecule has 1 unspecified atom stereocenters. The molecule has 3 amide bonds. The first-order valence-corrected chi connectivity index (χ1v) is 20.4. The van der Waals surface area contributed by atoms with E-state index in [0.29, 0.717) is 29.0 Å². The van der Waals surface area contributed by atoms with Crippen LogP contribution in [-0.4, -0.2) is 86.0 Å². The third kappa shape index (κ3) is 7.36. The molecule has 1 atom stereocenters. The molecule has 0 bridgehead atoms. The molecular formula is C44H49FN10O3. The van der Waals surface area contributed by atoms with Gasteiger partial charge in [-0.3, -0.25) is 19.7 Å². The number of fused-ring (bicyclic) bond motifs is 2. The first kappa shape index (κ1) is 37.7. The largest absolute Gasteiger partial charge is 0.369 e. The van der Waals surface area contributed by atoms with Crippen LogP contribution in [-0.2, 0) is 23.2 Å². The van der Waals surface area contributed by atoms with Crippen molar-refractivity contribution in [3.63, 3.8) is 0 Å². The number of nitrogens with zero attached hydrogens (tertiary/aromatic N) is 7. The number of piperidine rings is 3. The van der Waals surface area contributed by atoms with Crippen molar-refractivity contribution in [1.29, 1.82) is 0 Å². The van der Waals surface area contributed by atoms with Gasteiger partial charge in [0.1, 0.15) is 11.9 Å². The molecule has 3 aromatic carbocycles. The smallest absolute Gasteiger partial charge is 0.255 e. The van der Waals surface area contributed by atoms with Gasteiger partial charge in [-0.2, -0.15) is 10.1 Å². The average Bonchev–Trinajstić information content (AvgIpc) is 3.70. The third-order valence-electron chi connectivity index (χ3n) is 12.6. The Morgan fingerprint density at radius 1 is 0.897 bits per heavy atom. The summed E-state index contributed by atoms with van der Waals surface area (Å²) in [7, 11) is 1.89. The Labute approximate surface area is 337 Å². The van der Waals surface area contributed by atoms with E-state index >= 15 is 4.39 Å². The van der Waals surface area contributed by atoms with Crippen LogP contribution in [0.25, 0.3) is 11.0 Å².